The van der Waals surface area contributed by atoms with E-state index in [4.69, 9.17) is 0 Å². The summed E-state index contributed by atoms with van der Waals surface area (Å²) in [6, 6.07) is -1.73. The molecule has 110 valence electrons. The summed E-state index contributed by atoms with van der Waals surface area (Å²) in [6.07, 6.45) is 0. The van der Waals surface area contributed by atoms with Crippen LogP contribution in [0.2, 0.25) is 0 Å². The highest BCUT2D eigenvalue weighted by atomic mass is 16.2. The van der Waals surface area contributed by atoms with E-state index < -0.39 is 24.0 Å². The molecule has 0 spiro atoms. The van der Waals surface area contributed by atoms with E-state index in [2.05, 4.69) is 21.3 Å². The summed E-state index contributed by atoms with van der Waals surface area (Å²) in [6.45, 7) is 7.84. The van der Waals surface area contributed by atoms with Crippen LogP contribution in [0.25, 0.3) is 0 Å². The number of hydrogen-bond acceptors (Lipinski definition) is 4. The van der Waals surface area contributed by atoms with Gasteiger partial charge in [-0.1, -0.05) is 13.8 Å². The van der Waals surface area contributed by atoms with Crippen molar-refractivity contribution in [3.8, 4) is 0 Å². The first kappa shape index (κ1) is 17.4. The van der Waals surface area contributed by atoms with E-state index in [9.17, 15) is 14.4 Å². The molecule has 0 fully saturated rings. The molecule has 0 radical (unpaired) electrons. The zero-order valence-electron chi connectivity index (χ0n) is 12.2. The molecule has 0 aliphatic rings. The molecule has 0 saturated heterocycles. The molecule has 0 heterocycles. The van der Waals surface area contributed by atoms with Crippen LogP contribution in [0.1, 0.15) is 27.7 Å². The molecule has 0 bridgehead atoms. The summed E-state index contributed by atoms with van der Waals surface area (Å²) < 4.78 is 0. The Kier molecular flexibility index (Phi) is 7.74. The summed E-state index contributed by atoms with van der Waals surface area (Å²) in [5, 5.41) is 10.0. The lowest BCUT2D eigenvalue weighted by molar-refractivity contribution is -0.124. The normalized spacial score (nSPS) is 13.6. The molecule has 0 aliphatic heterocycles. The minimum Gasteiger partial charge on any atom is -0.354 e. The van der Waals surface area contributed by atoms with E-state index in [0.717, 1.165) is 0 Å². The van der Waals surface area contributed by atoms with Crippen molar-refractivity contribution in [1.82, 2.24) is 21.3 Å². The molecular formula is C12H24N4O3. The first-order valence-corrected chi connectivity index (χ1v) is 6.34. The summed E-state index contributed by atoms with van der Waals surface area (Å²) in [5.74, 6) is -0.290. The Bertz CT molecular complexity index is 331. The lowest BCUT2D eigenvalue weighted by Gasteiger charge is -2.19. The Morgan fingerprint density at radius 3 is 1.95 bits per heavy atom. The molecule has 0 aromatic rings. The Balaban J connectivity index is 4.16. The van der Waals surface area contributed by atoms with E-state index in [0.29, 0.717) is 12.5 Å². The average Bonchev–Trinajstić information content (AvgIpc) is 2.35. The maximum atomic E-state index is 11.7. The highest BCUT2D eigenvalue weighted by molar-refractivity contribution is 5.97. The largest absolute Gasteiger partial charge is 0.354 e. The second kappa shape index (κ2) is 8.47. The molecular weight excluding hydrogens is 248 g/mol. The fourth-order valence-electron chi connectivity index (χ4n) is 1.27. The van der Waals surface area contributed by atoms with Crippen molar-refractivity contribution >= 4 is 17.8 Å². The van der Waals surface area contributed by atoms with Gasteiger partial charge in [0.15, 0.2) is 0 Å². The van der Waals surface area contributed by atoms with Crippen molar-refractivity contribution in [2.24, 2.45) is 5.92 Å². The predicted molar refractivity (Wildman–Crippen MR) is 72.5 cm³/mol. The summed E-state index contributed by atoms with van der Waals surface area (Å²) in [7, 11) is 1.42. The quantitative estimate of drug-likeness (QED) is 0.528. The Morgan fingerprint density at radius 2 is 1.47 bits per heavy atom. The molecule has 7 heteroatoms. The van der Waals surface area contributed by atoms with Crippen molar-refractivity contribution in [1.29, 1.82) is 0 Å². The number of rotatable bonds is 6. The van der Waals surface area contributed by atoms with E-state index in [1.54, 1.807) is 13.8 Å². The van der Waals surface area contributed by atoms with E-state index in [-0.39, 0.29) is 5.91 Å². The number of imide groups is 1. The molecule has 0 rings (SSSR count). The van der Waals surface area contributed by atoms with Gasteiger partial charge in [0.25, 0.3) is 0 Å². The minimum atomic E-state index is -0.642. The van der Waals surface area contributed by atoms with Gasteiger partial charge in [-0.25, -0.2) is 4.79 Å². The van der Waals surface area contributed by atoms with E-state index in [1.807, 2.05) is 13.8 Å². The molecule has 19 heavy (non-hydrogen) atoms. The lowest BCUT2D eigenvalue weighted by atomic mass is 10.2. The van der Waals surface area contributed by atoms with Gasteiger partial charge in [-0.2, -0.15) is 0 Å². The number of urea groups is 1. The number of nitrogens with one attached hydrogen (secondary N) is 4. The van der Waals surface area contributed by atoms with Crippen molar-refractivity contribution in [3.63, 3.8) is 0 Å². The van der Waals surface area contributed by atoms with Crippen LogP contribution in [0.5, 0.6) is 0 Å². The topological polar surface area (TPSA) is 99.3 Å². The van der Waals surface area contributed by atoms with Crippen molar-refractivity contribution in [2.75, 3.05) is 13.6 Å². The first-order chi connectivity index (χ1) is 8.77. The smallest absolute Gasteiger partial charge is 0.321 e. The monoisotopic (exact) mass is 272 g/mol. The molecule has 2 atom stereocenters. The first-order valence-electron chi connectivity index (χ1n) is 6.34. The maximum Gasteiger partial charge on any atom is 0.321 e. The lowest BCUT2D eigenvalue weighted by Crippen LogP contribution is -2.53. The SMILES string of the molecule is CNC(=O)NC(=O)C(C)NC(C)C(=O)NCC(C)C. The standard InChI is InChI=1S/C12H24N4O3/c1-7(2)6-14-10(17)8(3)15-9(4)11(18)16-12(19)13-5/h7-9,15H,6H2,1-5H3,(H,14,17)(H2,13,16,18,19). The highest BCUT2D eigenvalue weighted by Gasteiger charge is 2.20. The van der Waals surface area contributed by atoms with Gasteiger partial charge in [-0.15, -0.1) is 0 Å². The molecule has 0 aromatic heterocycles. The molecule has 7 nitrogen and oxygen atoms in total. The average molecular weight is 272 g/mol. The van der Waals surface area contributed by atoms with Crippen LogP contribution in [0.4, 0.5) is 4.79 Å². The van der Waals surface area contributed by atoms with Gasteiger partial charge in [0, 0.05) is 13.6 Å². The van der Waals surface area contributed by atoms with Crippen molar-refractivity contribution in [3.05, 3.63) is 0 Å². The molecule has 2 unspecified atom stereocenters. The molecule has 0 aromatic carbocycles. The maximum absolute atomic E-state index is 11.7. The van der Waals surface area contributed by atoms with Crippen molar-refractivity contribution < 1.29 is 14.4 Å². The predicted octanol–water partition coefficient (Wildman–Crippen LogP) is -0.419. The molecule has 0 saturated carbocycles. The van der Waals surface area contributed by atoms with Crippen LogP contribution in [0.3, 0.4) is 0 Å². The van der Waals surface area contributed by atoms with Gasteiger partial charge >= 0.3 is 6.03 Å². The van der Waals surface area contributed by atoms with Gasteiger partial charge in [0.05, 0.1) is 12.1 Å². The number of carbonyl (C=O) groups is 3. The van der Waals surface area contributed by atoms with Crippen LogP contribution in [0.15, 0.2) is 0 Å². The summed E-state index contributed by atoms with van der Waals surface area (Å²) in [4.78, 5) is 34.2. The van der Waals surface area contributed by atoms with E-state index in [1.165, 1.54) is 7.05 Å². The van der Waals surface area contributed by atoms with Gasteiger partial charge < -0.3 is 10.6 Å². The van der Waals surface area contributed by atoms with Crippen LogP contribution < -0.4 is 21.3 Å². The summed E-state index contributed by atoms with van der Waals surface area (Å²) in [5.41, 5.74) is 0. The van der Waals surface area contributed by atoms with Gasteiger partial charge in [0.2, 0.25) is 11.8 Å². The minimum absolute atomic E-state index is 0.173. The Hall–Kier alpha value is -1.63. The molecule has 4 amide bonds. The third-order valence-corrected chi connectivity index (χ3v) is 2.43. The Labute approximate surface area is 113 Å². The Morgan fingerprint density at radius 1 is 0.947 bits per heavy atom. The van der Waals surface area contributed by atoms with E-state index >= 15 is 0 Å². The van der Waals surface area contributed by atoms with Gasteiger partial charge in [0.1, 0.15) is 0 Å². The summed E-state index contributed by atoms with van der Waals surface area (Å²) >= 11 is 0. The third kappa shape index (κ3) is 7.40. The van der Waals surface area contributed by atoms with Crippen LogP contribution in [-0.2, 0) is 9.59 Å². The number of carbonyl (C=O) groups excluding carboxylic acids is 3. The zero-order valence-corrected chi connectivity index (χ0v) is 12.2. The fourth-order valence-corrected chi connectivity index (χ4v) is 1.27. The number of amides is 4. The van der Waals surface area contributed by atoms with Crippen LogP contribution in [0, 0.1) is 5.92 Å². The third-order valence-electron chi connectivity index (χ3n) is 2.43. The van der Waals surface area contributed by atoms with Crippen LogP contribution >= 0.6 is 0 Å². The van der Waals surface area contributed by atoms with Gasteiger partial charge in [-0.05, 0) is 19.8 Å². The fraction of sp³-hybridized carbons (Fsp3) is 0.750. The van der Waals surface area contributed by atoms with Gasteiger partial charge in [-0.3, -0.25) is 20.2 Å². The molecule has 4 N–H and O–H groups in total. The number of hydrogen-bond donors (Lipinski definition) is 4. The second-order valence-electron chi connectivity index (χ2n) is 4.82. The van der Waals surface area contributed by atoms with Crippen molar-refractivity contribution in [2.45, 2.75) is 39.8 Å². The zero-order chi connectivity index (χ0) is 15.0. The highest BCUT2D eigenvalue weighted by Crippen LogP contribution is 1.91. The molecule has 0 aliphatic carbocycles. The second-order valence-corrected chi connectivity index (χ2v) is 4.82. The van der Waals surface area contributed by atoms with Crippen LogP contribution in [-0.4, -0.2) is 43.5 Å².